The molecule has 128 valence electrons. The summed E-state index contributed by atoms with van der Waals surface area (Å²) in [5.41, 5.74) is -1.49. The second-order valence-electron chi connectivity index (χ2n) is 6.72. The molecule has 3 rings (SSSR count). The number of aliphatic hydroxyl groups is 2. The third-order valence-corrected chi connectivity index (χ3v) is 5.17. The van der Waals surface area contributed by atoms with Crippen molar-refractivity contribution in [2.75, 3.05) is 24.6 Å². The number of aromatic nitrogens is 2. The SMILES string of the molecule is CCc1ncnc(N2CCC3(CC2)OCC[C@@](C)(O)[C@@H]3O)c1F. The van der Waals surface area contributed by atoms with E-state index in [1.165, 1.54) is 6.33 Å². The monoisotopic (exact) mass is 325 g/mol. The van der Waals surface area contributed by atoms with Gasteiger partial charge in [-0.05, 0) is 26.2 Å². The fraction of sp³-hybridized carbons (Fsp3) is 0.750. The van der Waals surface area contributed by atoms with Crippen LogP contribution in [0.1, 0.15) is 38.8 Å². The van der Waals surface area contributed by atoms with E-state index >= 15 is 0 Å². The first-order chi connectivity index (χ1) is 10.9. The molecule has 0 radical (unpaired) electrons. The molecular weight excluding hydrogens is 301 g/mol. The zero-order chi connectivity index (χ0) is 16.7. The van der Waals surface area contributed by atoms with Crippen molar-refractivity contribution in [3.8, 4) is 0 Å². The van der Waals surface area contributed by atoms with Crippen molar-refractivity contribution in [1.82, 2.24) is 9.97 Å². The van der Waals surface area contributed by atoms with Crippen molar-refractivity contribution < 1.29 is 19.3 Å². The Morgan fingerprint density at radius 3 is 2.70 bits per heavy atom. The topological polar surface area (TPSA) is 78.7 Å². The van der Waals surface area contributed by atoms with Crippen LogP contribution >= 0.6 is 0 Å². The van der Waals surface area contributed by atoms with Crippen LogP contribution in [0.25, 0.3) is 0 Å². The van der Waals surface area contributed by atoms with E-state index in [0.717, 1.165) is 0 Å². The second-order valence-corrected chi connectivity index (χ2v) is 6.72. The van der Waals surface area contributed by atoms with Crippen molar-refractivity contribution in [1.29, 1.82) is 0 Å². The number of hydrogen-bond acceptors (Lipinski definition) is 6. The molecule has 0 unspecified atom stereocenters. The average Bonchev–Trinajstić information content (AvgIpc) is 2.54. The van der Waals surface area contributed by atoms with Gasteiger partial charge >= 0.3 is 0 Å². The van der Waals surface area contributed by atoms with Crippen LogP contribution in [0.2, 0.25) is 0 Å². The Bertz CT molecular complexity index is 574. The van der Waals surface area contributed by atoms with Gasteiger partial charge in [0.1, 0.15) is 18.0 Å². The van der Waals surface area contributed by atoms with Crippen LogP contribution in [0.4, 0.5) is 10.2 Å². The minimum atomic E-state index is -1.14. The third kappa shape index (κ3) is 2.81. The first-order valence-electron chi connectivity index (χ1n) is 8.18. The van der Waals surface area contributed by atoms with E-state index in [9.17, 15) is 14.6 Å². The lowest BCUT2D eigenvalue weighted by Gasteiger charge is -2.51. The molecule has 2 N–H and O–H groups in total. The Morgan fingerprint density at radius 1 is 1.35 bits per heavy atom. The number of piperidine rings is 1. The largest absolute Gasteiger partial charge is 0.387 e. The molecule has 1 aromatic heterocycles. The van der Waals surface area contributed by atoms with E-state index < -0.39 is 17.3 Å². The van der Waals surface area contributed by atoms with E-state index in [0.29, 0.717) is 56.9 Å². The molecule has 7 heteroatoms. The van der Waals surface area contributed by atoms with Gasteiger partial charge in [0.15, 0.2) is 11.6 Å². The van der Waals surface area contributed by atoms with Gasteiger partial charge in [0.25, 0.3) is 0 Å². The van der Waals surface area contributed by atoms with E-state index in [-0.39, 0.29) is 5.82 Å². The highest BCUT2D eigenvalue weighted by Gasteiger charge is 2.52. The molecule has 2 fully saturated rings. The minimum Gasteiger partial charge on any atom is -0.387 e. The van der Waals surface area contributed by atoms with E-state index in [1.807, 2.05) is 11.8 Å². The predicted octanol–water partition coefficient (Wildman–Crippen LogP) is 1.05. The van der Waals surface area contributed by atoms with Gasteiger partial charge in [0, 0.05) is 19.5 Å². The summed E-state index contributed by atoms with van der Waals surface area (Å²) < 4.78 is 20.3. The lowest BCUT2D eigenvalue weighted by Crippen LogP contribution is -2.64. The number of ether oxygens (including phenoxy) is 1. The number of nitrogens with zero attached hydrogens (tertiary/aromatic N) is 3. The van der Waals surface area contributed by atoms with Gasteiger partial charge in [-0.3, -0.25) is 0 Å². The fourth-order valence-corrected chi connectivity index (χ4v) is 3.62. The zero-order valence-electron chi connectivity index (χ0n) is 13.6. The Hall–Kier alpha value is -1.31. The molecule has 3 heterocycles. The normalized spacial score (nSPS) is 30.7. The standard InChI is InChI=1S/C16H24FN3O3/c1-3-11-12(17)13(19-10-18-11)20-7-4-16(5-8-20)14(21)15(2,22)6-9-23-16/h10,14,21-22H,3-9H2,1-2H3/t14-,15+/m0/s1. The Labute approximate surface area is 135 Å². The van der Waals surface area contributed by atoms with Crippen molar-refractivity contribution in [2.24, 2.45) is 0 Å². The maximum absolute atomic E-state index is 14.4. The Morgan fingerprint density at radius 2 is 2.04 bits per heavy atom. The molecular formula is C16H24FN3O3. The molecule has 1 aromatic rings. The highest BCUT2D eigenvalue weighted by Crippen LogP contribution is 2.40. The summed E-state index contributed by atoms with van der Waals surface area (Å²) in [6.45, 7) is 4.96. The molecule has 0 aromatic carbocycles. The number of halogens is 1. The highest BCUT2D eigenvalue weighted by molar-refractivity contribution is 5.42. The summed E-state index contributed by atoms with van der Waals surface area (Å²) in [6.07, 6.45) is 2.43. The molecule has 0 amide bonds. The molecule has 1 spiro atoms. The van der Waals surface area contributed by atoms with E-state index in [2.05, 4.69) is 9.97 Å². The number of aliphatic hydroxyl groups excluding tert-OH is 1. The summed E-state index contributed by atoms with van der Waals surface area (Å²) in [4.78, 5) is 9.90. The maximum atomic E-state index is 14.4. The molecule has 0 aliphatic carbocycles. The van der Waals surface area contributed by atoms with Gasteiger partial charge in [-0.2, -0.15) is 0 Å². The summed E-state index contributed by atoms with van der Waals surface area (Å²) in [5.74, 6) is -0.0631. The van der Waals surface area contributed by atoms with Crippen LogP contribution in [-0.2, 0) is 11.2 Å². The van der Waals surface area contributed by atoms with Crippen molar-refractivity contribution in [3.05, 3.63) is 17.8 Å². The van der Waals surface area contributed by atoms with Crippen LogP contribution in [-0.4, -0.2) is 57.2 Å². The van der Waals surface area contributed by atoms with Gasteiger partial charge in [0.2, 0.25) is 0 Å². The number of rotatable bonds is 2. The fourth-order valence-electron chi connectivity index (χ4n) is 3.62. The van der Waals surface area contributed by atoms with Crippen LogP contribution < -0.4 is 4.90 Å². The summed E-state index contributed by atoms with van der Waals surface area (Å²) in [5, 5.41) is 20.8. The summed E-state index contributed by atoms with van der Waals surface area (Å²) in [7, 11) is 0. The molecule has 2 saturated heterocycles. The lowest BCUT2D eigenvalue weighted by molar-refractivity contribution is -0.239. The lowest BCUT2D eigenvalue weighted by atomic mass is 9.75. The molecule has 2 aliphatic heterocycles. The van der Waals surface area contributed by atoms with Crippen LogP contribution in [0.3, 0.4) is 0 Å². The average molecular weight is 325 g/mol. The zero-order valence-corrected chi connectivity index (χ0v) is 13.6. The Kier molecular flexibility index (Phi) is 4.29. The molecule has 23 heavy (non-hydrogen) atoms. The van der Waals surface area contributed by atoms with Crippen LogP contribution in [0, 0.1) is 5.82 Å². The number of anilines is 1. The second kappa shape index (κ2) is 5.96. The van der Waals surface area contributed by atoms with Gasteiger partial charge in [-0.15, -0.1) is 0 Å². The van der Waals surface area contributed by atoms with Gasteiger partial charge in [-0.1, -0.05) is 6.92 Å². The smallest absolute Gasteiger partial charge is 0.187 e. The van der Waals surface area contributed by atoms with Crippen LogP contribution in [0.15, 0.2) is 6.33 Å². The molecule has 2 aliphatic rings. The highest BCUT2D eigenvalue weighted by atomic mass is 19.1. The maximum Gasteiger partial charge on any atom is 0.187 e. The van der Waals surface area contributed by atoms with E-state index in [1.54, 1.807) is 6.92 Å². The van der Waals surface area contributed by atoms with Crippen LogP contribution in [0.5, 0.6) is 0 Å². The van der Waals surface area contributed by atoms with E-state index in [4.69, 9.17) is 4.74 Å². The van der Waals surface area contributed by atoms with Gasteiger partial charge in [-0.25, -0.2) is 14.4 Å². The molecule has 0 saturated carbocycles. The minimum absolute atomic E-state index is 0.309. The van der Waals surface area contributed by atoms with Crippen molar-refractivity contribution in [2.45, 2.75) is 56.8 Å². The van der Waals surface area contributed by atoms with Crippen molar-refractivity contribution >= 4 is 5.82 Å². The summed E-state index contributed by atoms with van der Waals surface area (Å²) >= 11 is 0. The first kappa shape index (κ1) is 16.5. The third-order valence-electron chi connectivity index (χ3n) is 5.17. The predicted molar refractivity (Wildman–Crippen MR) is 82.7 cm³/mol. The number of aryl methyl sites for hydroxylation is 1. The van der Waals surface area contributed by atoms with Gasteiger partial charge < -0.3 is 19.8 Å². The Balaban J connectivity index is 1.76. The molecule has 2 atom stereocenters. The summed E-state index contributed by atoms with van der Waals surface area (Å²) in [6, 6.07) is 0. The first-order valence-corrected chi connectivity index (χ1v) is 8.18. The quantitative estimate of drug-likeness (QED) is 0.846. The number of hydrogen-bond donors (Lipinski definition) is 2. The van der Waals surface area contributed by atoms with Crippen molar-refractivity contribution in [3.63, 3.8) is 0 Å². The van der Waals surface area contributed by atoms with Gasteiger partial charge in [0.05, 0.1) is 17.9 Å². The molecule has 6 nitrogen and oxygen atoms in total. The molecule has 0 bridgehead atoms.